The minimum atomic E-state index is -1.02. The molecule has 0 N–H and O–H groups in total. The highest BCUT2D eigenvalue weighted by atomic mass is 32.1. The Labute approximate surface area is 200 Å². The predicted octanol–water partition coefficient (Wildman–Crippen LogP) is 7.15. The Bertz CT molecular complexity index is 825. The van der Waals surface area contributed by atoms with Gasteiger partial charge in [0.1, 0.15) is 0 Å². The summed E-state index contributed by atoms with van der Waals surface area (Å²) in [5, 5.41) is 2.79. The van der Waals surface area contributed by atoms with Crippen LogP contribution < -0.4 is 4.74 Å². The third-order valence-corrected chi connectivity index (χ3v) is 5.90. The molecule has 1 heterocycles. The molecular weight excluding hydrogens is 448 g/mol. The van der Waals surface area contributed by atoms with Gasteiger partial charge in [-0.05, 0) is 44.2 Å². The van der Waals surface area contributed by atoms with Crippen LogP contribution in [0.25, 0.3) is 11.3 Å². The number of carbonyl (C=O) groups excluding carboxylic acids is 1. The number of halogens is 2. The van der Waals surface area contributed by atoms with Gasteiger partial charge < -0.3 is 14.2 Å². The van der Waals surface area contributed by atoms with Crippen LogP contribution in [0.15, 0.2) is 17.5 Å². The molecular formula is C25H37F2NO4S. The summed E-state index contributed by atoms with van der Waals surface area (Å²) in [5.41, 5.74) is 1.01. The first-order valence-corrected chi connectivity index (χ1v) is 12.5. The molecule has 0 radical (unpaired) electrons. The lowest BCUT2D eigenvalue weighted by Crippen LogP contribution is -2.05. The van der Waals surface area contributed by atoms with E-state index in [1.807, 2.05) is 5.38 Å². The molecule has 8 heteroatoms. The van der Waals surface area contributed by atoms with Crippen molar-refractivity contribution in [2.75, 3.05) is 26.9 Å². The third kappa shape index (κ3) is 10.2. The average Bonchev–Trinajstić information content (AvgIpc) is 3.31. The van der Waals surface area contributed by atoms with Crippen molar-refractivity contribution in [2.45, 2.75) is 72.1 Å². The number of hydrogen-bond acceptors (Lipinski definition) is 6. The van der Waals surface area contributed by atoms with Crippen LogP contribution in [-0.2, 0) is 14.3 Å². The number of carbonyl (C=O) groups is 1. The van der Waals surface area contributed by atoms with Gasteiger partial charge in [-0.25, -0.2) is 9.37 Å². The van der Waals surface area contributed by atoms with E-state index in [0.29, 0.717) is 30.0 Å². The minimum Gasteiger partial charge on any atom is -0.490 e. The monoisotopic (exact) mass is 485 g/mol. The maximum atomic E-state index is 14.3. The second-order valence-electron chi connectivity index (χ2n) is 7.61. The highest BCUT2D eigenvalue weighted by molar-refractivity contribution is 7.10. The second kappa shape index (κ2) is 16.5. The molecule has 1 aromatic carbocycles. The van der Waals surface area contributed by atoms with Crippen LogP contribution in [0, 0.1) is 11.6 Å². The van der Waals surface area contributed by atoms with E-state index in [4.69, 9.17) is 9.47 Å². The van der Waals surface area contributed by atoms with Gasteiger partial charge in [0.2, 0.25) is 5.82 Å². The van der Waals surface area contributed by atoms with Gasteiger partial charge in [0.05, 0.1) is 24.4 Å². The summed E-state index contributed by atoms with van der Waals surface area (Å²) in [6.45, 7) is 10.4. The van der Waals surface area contributed by atoms with Crippen LogP contribution in [0.1, 0.15) is 77.1 Å². The summed E-state index contributed by atoms with van der Waals surface area (Å²) in [7, 11) is 1.33. The lowest BCUT2D eigenvalue weighted by molar-refractivity contribution is -0.140. The normalized spacial score (nSPS) is 11.5. The number of rotatable bonds is 13. The van der Waals surface area contributed by atoms with Gasteiger partial charge in [0.15, 0.2) is 11.6 Å². The van der Waals surface area contributed by atoms with Crippen LogP contribution >= 0.6 is 11.3 Å². The lowest BCUT2D eigenvalue weighted by Gasteiger charge is -2.12. The number of methoxy groups -OCH3 is 1. The molecule has 0 aliphatic carbocycles. The van der Waals surface area contributed by atoms with Crippen molar-refractivity contribution in [1.29, 1.82) is 0 Å². The average molecular weight is 486 g/mol. The van der Waals surface area contributed by atoms with Crippen molar-refractivity contribution in [2.24, 2.45) is 0 Å². The Hall–Kier alpha value is -2.06. The fraction of sp³-hybridized carbons (Fsp3) is 0.600. The zero-order chi connectivity index (χ0) is 24.6. The summed E-state index contributed by atoms with van der Waals surface area (Å²) >= 11 is 1.50. The predicted molar refractivity (Wildman–Crippen MR) is 129 cm³/mol. The van der Waals surface area contributed by atoms with Crippen LogP contribution in [0.3, 0.4) is 0 Å². The smallest absolute Gasteiger partial charge is 0.305 e. The van der Waals surface area contributed by atoms with E-state index in [1.165, 1.54) is 24.5 Å². The zero-order valence-electron chi connectivity index (χ0n) is 20.4. The highest BCUT2D eigenvalue weighted by Crippen LogP contribution is 2.36. The zero-order valence-corrected chi connectivity index (χ0v) is 21.2. The summed E-state index contributed by atoms with van der Waals surface area (Å²) in [6.07, 6.45) is 4.57. The summed E-state index contributed by atoms with van der Waals surface area (Å²) in [4.78, 5) is 15.6. The molecule has 0 aliphatic heterocycles. The third-order valence-electron chi connectivity index (χ3n) is 4.83. The number of nitrogens with zero attached hydrogens (tertiary/aromatic N) is 1. The van der Waals surface area contributed by atoms with Gasteiger partial charge >= 0.3 is 5.97 Å². The maximum Gasteiger partial charge on any atom is 0.305 e. The molecule has 0 spiro atoms. The first-order valence-electron chi connectivity index (χ1n) is 11.6. The first-order chi connectivity index (χ1) is 15.9. The highest BCUT2D eigenvalue weighted by Gasteiger charge is 2.19. The molecule has 186 valence electrons. The summed E-state index contributed by atoms with van der Waals surface area (Å²) in [5.74, 6) is -2.11. The van der Waals surface area contributed by atoms with Gasteiger partial charge in [-0.3, -0.25) is 4.79 Å². The van der Waals surface area contributed by atoms with Crippen molar-refractivity contribution in [1.82, 2.24) is 4.98 Å². The molecule has 1 unspecified atom stereocenters. The Morgan fingerprint density at radius 3 is 2.39 bits per heavy atom. The molecule has 0 saturated carbocycles. The Kier molecular flexibility index (Phi) is 14.5. The van der Waals surface area contributed by atoms with Crippen molar-refractivity contribution in [3.8, 4) is 17.0 Å². The van der Waals surface area contributed by atoms with E-state index in [9.17, 15) is 13.6 Å². The first kappa shape index (κ1) is 29.0. The van der Waals surface area contributed by atoms with Crippen LogP contribution in [0.4, 0.5) is 8.78 Å². The maximum absolute atomic E-state index is 14.3. The number of aromatic nitrogens is 1. The molecule has 5 nitrogen and oxygen atoms in total. The number of hydrogen-bond donors (Lipinski definition) is 0. The fourth-order valence-corrected chi connectivity index (χ4v) is 3.69. The largest absolute Gasteiger partial charge is 0.490 e. The Balaban J connectivity index is 0.000000675. The molecule has 0 aliphatic rings. The van der Waals surface area contributed by atoms with Crippen LogP contribution in [-0.4, -0.2) is 37.9 Å². The molecule has 0 amide bonds. The molecule has 2 rings (SSSR count). The molecule has 2 aromatic rings. The summed E-state index contributed by atoms with van der Waals surface area (Å²) < 4.78 is 43.1. The molecule has 1 atom stereocenters. The van der Waals surface area contributed by atoms with Crippen molar-refractivity contribution < 1.29 is 27.8 Å². The Morgan fingerprint density at radius 2 is 1.79 bits per heavy atom. The van der Waals surface area contributed by atoms with E-state index in [1.54, 1.807) is 0 Å². The topological polar surface area (TPSA) is 57.7 Å². The number of unbranched alkanes of at least 4 members (excludes halogenated alkanes) is 1. The fourth-order valence-electron chi connectivity index (χ4n) is 2.73. The van der Waals surface area contributed by atoms with Gasteiger partial charge in [-0.2, -0.15) is 4.39 Å². The number of thiazole rings is 1. The number of ether oxygens (including phenoxy) is 3. The van der Waals surface area contributed by atoms with Crippen LogP contribution in [0.2, 0.25) is 0 Å². The molecule has 0 saturated heterocycles. The van der Waals surface area contributed by atoms with Crippen molar-refractivity contribution in [3.63, 3.8) is 0 Å². The van der Waals surface area contributed by atoms with Gasteiger partial charge in [-0.15, -0.1) is 11.3 Å². The van der Waals surface area contributed by atoms with E-state index in [2.05, 4.69) is 37.4 Å². The molecule has 33 heavy (non-hydrogen) atoms. The number of benzene rings is 1. The van der Waals surface area contributed by atoms with E-state index < -0.39 is 11.6 Å². The summed E-state index contributed by atoms with van der Waals surface area (Å²) in [6, 6.07) is 2.56. The van der Waals surface area contributed by atoms with Crippen molar-refractivity contribution >= 4 is 17.3 Å². The lowest BCUT2D eigenvalue weighted by atomic mass is 10.1. The molecule has 0 fully saturated rings. The van der Waals surface area contributed by atoms with Crippen LogP contribution in [0.5, 0.6) is 5.75 Å². The second-order valence-corrected chi connectivity index (χ2v) is 8.50. The van der Waals surface area contributed by atoms with Crippen molar-refractivity contribution in [3.05, 3.63) is 34.2 Å². The van der Waals surface area contributed by atoms with E-state index in [0.717, 1.165) is 43.6 Å². The SMILES string of the molecule is CCC(C)c1nc(-c2ccc(F)c(F)c2OCCCCC(=O)OC)cs1.CCCOCCC. The van der Waals surface area contributed by atoms with Gasteiger partial charge in [-0.1, -0.05) is 27.7 Å². The van der Waals surface area contributed by atoms with E-state index in [-0.39, 0.29) is 24.7 Å². The molecule has 0 bridgehead atoms. The van der Waals surface area contributed by atoms with E-state index >= 15 is 0 Å². The van der Waals surface area contributed by atoms with Gasteiger partial charge in [0, 0.05) is 36.5 Å². The quantitative estimate of drug-likeness (QED) is 0.223. The number of esters is 1. The minimum absolute atomic E-state index is 0.135. The Morgan fingerprint density at radius 1 is 1.09 bits per heavy atom. The van der Waals surface area contributed by atoms with Gasteiger partial charge in [0.25, 0.3) is 0 Å². The standard InChI is InChI=1S/C19H23F2NO3S.C6H14O/c1-4-12(2)19-22-15(11-26-19)13-8-9-14(20)17(21)18(13)25-10-6-5-7-16(23)24-3;1-3-5-7-6-4-2/h8-9,11-12H,4-7,10H2,1-3H3;3-6H2,1-2H3. The molecule has 1 aromatic heterocycles.